The van der Waals surface area contributed by atoms with Crippen LogP contribution in [-0.2, 0) is 11.3 Å². The number of aromatic hydroxyl groups is 1. The maximum Gasteiger partial charge on any atom is 0.239 e. The van der Waals surface area contributed by atoms with E-state index in [4.69, 9.17) is 0 Å². The zero-order valence-electron chi connectivity index (χ0n) is 11.6. The van der Waals surface area contributed by atoms with Crippen LogP contribution in [-0.4, -0.2) is 35.0 Å². The monoisotopic (exact) mass is 268 g/mol. The van der Waals surface area contributed by atoms with E-state index in [9.17, 15) is 14.3 Å². The molecule has 1 aromatic rings. The average Bonchev–Trinajstić information content (AvgIpc) is 2.36. The van der Waals surface area contributed by atoms with Gasteiger partial charge < -0.3 is 15.3 Å². The largest absolute Gasteiger partial charge is 0.508 e. The Morgan fingerprint density at radius 1 is 1.37 bits per heavy atom. The lowest BCUT2D eigenvalue weighted by molar-refractivity contribution is -0.132. The fourth-order valence-corrected chi connectivity index (χ4v) is 1.90. The molecule has 0 aliphatic heterocycles. The van der Waals surface area contributed by atoms with Crippen LogP contribution in [0.1, 0.15) is 26.3 Å². The fraction of sp³-hybridized carbons (Fsp3) is 0.500. The maximum atomic E-state index is 13.1. The van der Waals surface area contributed by atoms with Gasteiger partial charge in [-0.25, -0.2) is 4.39 Å². The predicted molar refractivity (Wildman–Crippen MR) is 72.3 cm³/mol. The zero-order valence-corrected chi connectivity index (χ0v) is 11.6. The number of phenolic OH excluding ortho intramolecular Hbond substituents is 1. The van der Waals surface area contributed by atoms with E-state index >= 15 is 0 Å². The summed E-state index contributed by atoms with van der Waals surface area (Å²) in [6.07, 6.45) is 0. The van der Waals surface area contributed by atoms with Gasteiger partial charge in [0.15, 0.2) is 0 Å². The van der Waals surface area contributed by atoms with E-state index in [-0.39, 0.29) is 17.7 Å². The minimum atomic E-state index is -0.487. The van der Waals surface area contributed by atoms with Crippen molar-refractivity contribution in [2.24, 2.45) is 0 Å². The van der Waals surface area contributed by atoms with Crippen molar-refractivity contribution < 1.29 is 14.3 Å². The van der Waals surface area contributed by atoms with Crippen LogP contribution in [0.5, 0.6) is 5.75 Å². The summed E-state index contributed by atoms with van der Waals surface area (Å²) in [5.41, 5.74) is 0.608. The van der Waals surface area contributed by atoms with Gasteiger partial charge in [-0.2, -0.15) is 0 Å². The van der Waals surface area contributed by atoms with Crippen molar-refractivity contribution in [3.63, 3.8) is 0 Å². The molecule has 0 aliphatic rings. The molecule has 0 saturated carbocycles. The van der Waals surface area contributed by atoms with E-state index in [2.05, 4.69) is 5.32 Å². The first-order chi connectivity index (χ1) is 8.97. The third-order valence-electron chi connectivity index (χ3n) is 3.00. The summed E-state index contributed by atoms with van der Waals surface area (Å²) in [5, 5.41) is 12.3. The summed E-state index contributed by atoms with van der Waals surface area (Å²) in [7, 11) is 0. The fourth-order valence-electron chi connectivity index (χ4n) is 1.90. The minimum absolute atomic E-state index is 0.0191. The molecule has 0 radical (unpaired) electrons. The van der Waals surface area contributed by atoms with Gasteiger partial charge >= 0.3 is 0 Å². The van der Waals surface area contributed by atoms with E-state index in [1.165, 1.54) is 12.1 Å². The number of phenols is 1. The highest BCUT2D eigenvalue weighted by atomic mass is 19.1. The summed E-state index contributed by atoms with van der Waals surface area (Å²) >= 11 is 0. The molecule has 0 aromatic heterocycles. The van der Waals surface area contributed by atoms with Crippen LogP contribution in [0.15, 0.2) is 18.2 Å². The third kappa shape index (κ3) is 4.52. The number of halogens is 1. The number of rotatable bonds is 6. The Bertz CT molecular complexity index is 413. The summed E-state index contributed by atoms with van der Waals surface area (Å²) in [6, 6.07) is 3.52. The quantitative estimate of drug-likeness (QED) is 0.828. The lowest BCUT2D eigenvalue weighted by Crippen LogP contribution is -2.44. The molecule has 1 rings (SSSR count). The van der Waals surface area contributed by atoms with E-state index in [1.54, 1.807) is 11.8 Å². The average molecular weight is 268 g/mol. The van der Waals surface area contributed by atoms with Crippen LogP contribution in [0.4, 0.5) is 4.39 Å². The molecule has 1 aromatic carbocycles. The number of carbonyl (C=O) groups is 1. The summed E-state index contributed by atoms with van der Waals surface area (Å²) < 4.78 is 13.1. The molecule has 0 fully saturated rings. The van der Waals surface area contributed by atoms with Crippen LogP contribution in [0.2, 0.25) is 0 Å². The first kappa shape index (κ1) is 15.4. The molecule has 1 amide bonds. The van der Waals surface area contributed by atoms with E-state index in [1.807, 2.05) is 13.8 Å². The van der Waals surface area contributed by atoms with Gasteiger partial charge in [0.25, 0.3) is 0 Å². The number of hydrogen-bond donors (Lipinski definition) is 2. The van der Waals surface area contributed by atoms with Crippen molar-refractivity contribution in [1.82, 2.24) is 10.2 Å². The Balaban J connectivity index is 2.58. The Labute approximate surface area is 113 Å². The van der Waals surface area contributed by atoms with Crippen molar-refractivity contribution in [2.75, 3.05) is 13.1 Å². The first-order valence-corrected chi connectivity index (χ1v) is 6.48. The number of carbonyl (C=O) groups excluding carboxylic acids is 1. The summed E-state index contributed by atoms with van der Waals surface area (Å²) in [4.78, 5) is 13.7. The first-order valence-electron chi connectivity index (χ1n) is 6.48. The highest BCUT2D eigenvalue weighted by Gasteiger charge is 2.17. The lowest BCUT2D eigenvalue weighted by atomic mass is 10.2. The highest BCUT2D eigenvalue weighted by Crippen LogP contribution is 2.14. The van der Waals surface area contributed by atoms with Gasteiger partial charge in [-0.3, -0.25) is 4.79 Å². The Kier molecular flexibility index (Phi) is 5.76. The normalized spacial score (nSPS) is 12.2. The van der Waals surface area contributed by atoms with Crippen molar-refractivity contribution >= 4 is 5.91 Å². The minimum Gasteiger partial charge on any atom is -0.508 e. The number of nitrogens with one attached hydrogen (secondary N) is 1. The predicted octanol–water partition coefficient (Wildman–Crippen LogP) is 1.88. The molecular weight excluding hydrogens is 247 g/mol. The molecule has 0 saturated heterocycles. The SMILES string of the molecule is CCN(CC)C(=O)C(C)NCc1cc(O)cc(F)c1. The second kappa shape index (κ2) is 7.09. The molecule has 106 valence electrons. The molecule has 5 heteroatoms. The van der Waals surface area contributed by atoms with E-state index in [0.29, 0.717) is 25.2 Å². The van der Waals surface area contributed by atoms with Crippen LogP contribution in [0.3, 0.4) is 0 Å². The second-order valence-electron chi connectivity index (χ2n) is 4.43. The summed E-state index contributed by atoms with van der Waals surface area (Å²) in [6.45, 7) is 7.31. The molecule has 1 atom stereocenters. The number of hydrogen-bond acceptors (Lipinski definition) is 3. The van der Waals surface area contributed by atoms with Gasteiger partial charge in [0.2, 0.25) is 5.91 Å². The van der Waals surface area contributed by atoms with Crippen molar-refractivity contribution in [3.05, 3.63) is 29.6 Å². The van der Waals surface area contributed by atoms with Crippen molar-refractivity contribution in [1.29, 1.82) is 0 Å². The van der Waals surface area contributed by atoms with Gasteiger partial charge in [-0.05, 0) is 38.5 Å². The van der Waals surface area contributed by atoms with Gasteiger partial charge in [0.05, 0.1) is 6.04 Å². The van der Waals surface area contributed by atoms with Crippen LogP contribution >= 0.6 is 0 Å². The molecular formula is C14H21FN2O2. The van der Waals surface area contributed by atoms with Crippen molar-refractivity contribution in [3.8, 4) is 5.75 Å². The number of benzene rings is 1. The number of likely N-dealkylation sites (N-methyl/N-ethyl adjacent to an activating group) is 1. The Hall–Kier alpha value is -1.62. The van der Waals surface area contributed by atoms with Crippen LogP contribution in [0, 0.1) is 5.82 Å². The maximum absolute atomic E-state index is 13.1. The molecule has 4 nitrogen and oxygen atoms in total. The molecule has 2 N–H and O–H groups in total. The van der Waals surface area contributed by atoms with Gasteiger partial charge in [0, 0.05) is 25.7 Å². The molecule has 1 unspecified atom stereocenters. The molecule has 0 spiro atoms. The van der Waals surface area contributed by atoms with Gasteiger partial charge in [0.1, 0.15) is 11.6 Å². The van der Waals surface area contributed by atoms with E-state index < -0.39 is 5.82 Å². The van der Waals surface area contributed by atoms with Gasteiger partial charge in [-0.1, -0.05) is 0 Å². The summed E-state index contributed by atoms with van der Waals surface area (Å²) in [5.74, 6) is -0.579. The smallest absolute Gasteiger partial charge is 0.239 e. The second-order valence-corrected chi connectivity index (χ2v) is 4.43. The zero-order chi connectivity index (χ0) is 14.4. The standard InChI is InChI=1S/C14H21FN2O2/c1-4-17(5-2)14(19)10(3)16-9-11-6-12(15)8-13(18)7-11/h6-8,10,16,18H,4-5,9H2,1-3H3. The van der Waals surface area contributed by atoms with Crippen LogP contribution in [0.25, 0.3) is 0 Å². The Morgan fingerprint density at radius 2 is 2.00 bits per heavy atom. The molecule has 19 heavy (non-hydrogen) atoms. The molecule has 0 aliphatic carbocycles. The van der Waals surface area contributed by atoms with Gasteiger partial charge in [-0.15, -0.1) is 0 Å². The van der Waals surface area contributed by atoms with Crippen LogP contribution < -0.4 is 5.32 Å². The topological polar surface area (TPSA) is 52.6 Å². The lowest BCUT2D eigenvalue weighted by Gasteiger charge is -2.23. The van der Waals surface area contributed by atoms with Crippen molar-refractivity contribution in [2.45, 2.75) is 33.4 Å². The number of nitrogens with zero attached hydrogens (tertiary/aromatic N) is 1. The Morgan fingerprint density at radius 3 is 2.53 bits per heavy atom. The third-order valence-corrected chi connectivity index (χ3v) is 3.00. The molecule has 0 heterocycles. The molecule has 0 bridgehead atoms. The highest BCUT2D eigenvalue weighted by molar-refractivity contribution is 5.81. The van der Waals surface area contributed by atoms with E-state index in [0.717, 1.165) is 6.07 Å². The number of amides is 1.